The molecule has 1 saturated heterocycles. The van der Waals surface area contributed by atoms with Crippen LogP contribution in [-0.4, -0.2) is 40.1 Å². The minimum absolute atomic E-state index is 0.0769. The second-order valence-electron chi connectivity index (χ2n) is 5.84. The summed E-state index contributed by atoms with van der Waals surface area (Å²) < 4.78 is 11.0. The number of aryl methyl sites for hydroxylation is 2. The van der Waals surface area contributed by atoms with Gasteiger partial charge in [0, 0.05) is 17.1 Å². The van der Waals surface area contributed by atoms with Crippen molar-refractivity contribution in [3.8, 4) is 0 Å². The number of amides is 1. The monoisotopic (exact) mass is 335 g/mol. The summed E-state index contributed by atoms with van der Waals surface area (Å²) in [6.07, 6.45) is -0.533. The van der Waals surface area contributed by atoms with Gasteiger partial charge in [-0.1, -0.05) is 16.8 Å². The van der Waals surface area contributed by atoms with Crippen LogP contribution in [0.4, 0.5) is 0 Å². The predicted octanol–water partition coefficient (Wildman–Crippen LogP) is 2.94. The Hall–Kier alpha value is -1.92. The fourth-order valence-corrected chi connectivity index (χ4v) is 3.03. The molecule has 23 heavy (non-hydrogen) atoms. The van der Waals surface area contributed by atoms with Crippen molar-refractivity contribution in [2.75, 3.05) is 13.1 Å². The van der Waals surface area contributed by atoms with Crippen molar-refractivity contribution < 1.29 is 14.1 Å². The van der Waals surface area contributed by atoms with Gasteiger partial charge in [0.15, 0.2) is 11.9 Å². The highest BCUT2D eigenvalue weighted by Gasteiger charge is 2.33. The van der Waals surface area contributed by atoms with E-state index in [2.05, 4.69) is 10.1 Å². The van der Waals surface area contributed by atoms with Crippen LogP contribution < -0.4 is 0 Å². The normalized spacial score (nSPS) is 21.5. The number of morpholine rings is 1. The van der Waals surface area contributed by atoms with Gasteiger partial charge in [-0.05, 0) is 44.5 Å². The summed E-state index contributed by atoms with van der Waals surface area (Å²) in [6.45, 7) is 6.45. The van der Waals surface area contributed by atoms with E-state index < -0.39 is 6.10 Å². The molecule has 1 aromatic heterocycles. The first kappa shape index (κ1) is 16.0. The van der Waals surface area contributed by atoms with Gasteiger partial charge in [-0.15, -0.1) is 0 Å². The standard InChI is InChI=1S/C16H18ClN3O3/c1-9-4-12(6-13(17)5-9)16(21)20-7-10(2)22-14(8-20)15-18-11(3)19-23-15/h4-6,10,14H,7-8H2,1-3H3/t10-,14-/m1/s1. The summed E-state index contributed by atoms with van der Waals surface area (Å²) in [5, 5.41) is 4.34. The fraction of sp³-hybridized carbons (Fsp3) is 0.438. The van der Waals surface area contributed by atoms with E-state index in [0.29, 0.717) is 35.4 Å². The van der Waals surface area contributed by atoms with Crippen LogP contribution in [0.1, 0.15) is 40.7 Å². The van der Waals surface area contributed by atoms with Crippen molar-refractivity contribution in [1.29, 1.82) is 0 Å². The molecule has 0 N–H and O–H groups in total. The Morgan fingerprint density at radius 2 is 2.09 bits per heavy atom. The van der Waals surface area contributed by atoms with E-state index >= 15 is 0 Å². The number of hydrogen-bond donors (Lipinski definition) is 0. The Bertz CT molecular complexity index is 711. The van der Waals surface area contributed by atoms with E-state index in [1.54, 1.807) is 17.9 Å². The molecule has 0 bridgehead atoms. The highest BCUT2D eigenvalue weighted by molar-refractivity contribution is 6.31. The molecule has 1 aromatic carbocycles. The molecule has 6 nitrogen and oxygen atoms in total. The third-order valence-corrected chi connectivity index (χ3v) is 3.87. The van der Waals surface area contributed by atoms with Crippen molar-refractivity contribution in [2.24, 2.45) is 0 Å². The number of halogens is 1. The maximum atomic E-state index is 12.8. The lowest BCUT2D eigenvalue weighted by Gasteiger charge is -2.35. The predicted molar refractivity (Wildman–Crippen MR) is 84.4 cm³/mol. The Labute approximate surface area is 139 Å². The SMILES string of the molecule is Cc1cc(Cl)cc(C(=O)N2C[C@@H](C)O[C@@H](c3nc(C)no3)C2)c1. The highest BCUT2D eigenvalue weighted by atomic mass is 35.5. The van der Waals surface area contributed by atoms with Gasteiger partial charge in [0.05, 0.1) is 12.6 Å². The van der Waals surface area contributed by atoms with Crippen LogP contribution in [0, 0.1) is 13.8 Å². The van der Waals surface area contributed by atoms with Crippen molar-refractivity contribution in [3.63, 3.8) is 0 Å². The van der Waals surface area contributed by atoms with Gasteiger partial charge < -0.3 is 14.2 Å². The molecule has 2 atom stereocenters. The van der Waals surface area contributed by atoms with Crippen molar-refractivity contribution in [3.05, 3.63) is 46.1 Å². The zero-order valence-electron chi connectivity index (χ0n) is 13.2. The number of hydrogen-bond acceptors (Lipinski definition) is 5. The molecule has 0 saturated carbocycles. The summed E-state index contributed by atoms with van der Waals surface area (Å²) in [6, 6.07) is 5.34. The third-order valence-electron chi connectivity index (χ3n) is 3.66. The average Bonchev–Trinajstić information content (AvgIpc) is 2.91. The number of rotatable bonds is 2. The molecule has 122 valence electrons. The first-order valence-electron chi connectivity index (χ1n) is 7.44. The number of nitrogens with zero attached hydrogens (tertiary/aromatic N) is 3. The van der Waals surface area contributed by atoms with Crippen LogP contribution in [0.2, 0.25) is 5.02 Å². The van der Waals surface area contributed by atoms with E-state index in [-0.39, 0.29) is 12.0 Å². The van der Waals surface area contributed by atoms with E-state index in [4.69, 9.17) is 20.9 Å². The van der Waals surface area contributed by atoms with Gasteiger partial charge in [-0.3, -0.25) is 4.79 Å². The van der Waals surface area contributed by atoms with Crippen LogP contribution in [0.5, 0.6) is 0 Å². The Morgan fingerprint density at radius 1 is 1.30 bits per heavy atom. The lowest BCUT2D eigenvalue weighted by molar-refractivity contribution is -0.0810. The lowest BCUT2D eigenvalue weighted by atomic mass is 10.1. The van der Waals surface area contributed by atoms with Crippen molar-refractivity contribution in [2.45, 2.75) is 33.0 Å². The largest absolute Gasteiger partial charge is 0.362 e. The molecule has 1 amide bonds. The number of carbonyl (C=O) groups is 1. The molecule has 0 radical (unpaired) electrons. The summed E-state index contributed by atoms with van der Waals surface area (Å²) in [5.41, 5.74) is 1.52. The Balaban J connectivity index is 1.82. The van der Waals surface area contributed by atoms with Crippen LogP contribution >= 0.6 is 11.6 Å². The molecule has 2 heterocycles. The maximum absolute atomic E-state index is 12.8. The zero-order valence-corrected chi connectivity index (χ0v) is 14.0. The molecule has 2 aromatic rings. The summed E-state index contributed by atoms with van der Waals surface area (Å²) in [5.74, 6) is 0.867. The molecule has 7 heteroatoms. The number of ether oxygens (including phenoxy) is 1. The number of carbonyl (C=O) groups excluding carboxylic acids is 1. The van der Waals surface area contributed by atoms with E-state index in [9.17, 15) is 4.79 Å². The highest BCUT2D eigenvalue weighted by Crippen LogP contribution is 2.26. The maximum Gasteiger partial charge on any atom is 0.257 e. The third kappa shape index (κ3) is 3.54. The summed E-state index contributed by atoms with van der Waals surface area (Å²) in [7, 11) is 0. The van der Waals surface area contributed by atoms with Gasteiger partial charge in [-0.25, -0.2) is 0 Å². The van der Waals surface area contributed by atoms with Gasteiger partial charge in [0.1, 0.15) is 0 Å². The molecular formula is C16H18ClN3O3. The second kappa shape index (κ2) is 6.29. The molecule has 1 aliphatic rings. The molecule has 1 fully saturated rings. The fourth-order valence-electron chi connectivity index (χ4n) is 2.74. The summed E-state index contributed by atoms with van der Waals surface area (Å²) >= 11 is 6.06. The zero-order chi connectivity index (χ0) is 16.6. The van der Waals surface area contributed by atoms with Crippen molar-refractivity contribution >= 4 is 17.5 Å². The first-order valence-corrected chi connectivity index (χ1v) is 7.82. The smallest absolute Gasteiger partial charge is 0.257 e. The molecule has 0 unspecified atom stereocenters. The topological polar surface area (TPSA) is 68.5 Å². The van der Waals surface area contributed by atoms with Crippen LogP contribution in [0.3, 0.4) is 0 Å². The number of aromatic nitrogens is 2. The minimum atomic E-state index is -0.413. The van der Waals surface area contributed by atoms with E-state index in [0.717, 1.165) is 5.56 Å². The summed E-state index contributed by atoms with van der Waals surface area (Å²) in [4.78, 5) is 18.7. The molecule has 0 aliphatic carbocycles. The lowest BCUT2D eigenvalue weighted by Crippen LogP contribution is -2.46. The average molecular weight is 336 g/mol. The van der Waals surface area contributed by atoms with Crippen LogP contribution in [0.15, 0.2) is 22.7 Å². The quantitative estimate of drug-likeness (QED) is 0.844. The Kier molecular flexibility index (Phi) is 4.37. The number of benzene rings is 1. The van der Waals surface area contributed by atoms with Gasteiger partial charge in [0.25, 0.3) is 11.8 Å². The van der Waals surface area contributed by atoms with Gasteiger partial charge >= 0.3 is 0 Å². The van der Waals surface area contributed by atoms with E-state index in [1.807, 2.05) is 26.0 Å². The molecule has 3 rings (SSSR count). The second-order valence-corrected chi connectivity index (χ2v) is 6.28. The minimum Gasteiger partial charge on any atom is -0.362 e. The first-order chi connectivity index (χ1) is 10.9. The van der Waals surface area contributed by atoms with Gasteiger partial charge in [0.2, 0.25) is 0 Å². The molecular weight excluding hydrogens is 318 g/mol. The molecule has 0 spiro atoms. The van der Waals surface area contributed by atoms with Crippen LogP contribution in [-0.2, 0) is 4.74 Å². The van der Waals surface area contributed by atoms with Crippen LogP contribution in [0.25, 0.3) is 0 Å². The van der Waals surface area contributed by atoms with E-state index in [1.165, 1.54) is 0 Å². The van der Waals surface area contributed by atoms with Crippen molar-refractivity contribution in [1.82, 2.24) is 15.0 Å². The van der Waals surface area contributed by atoms with Gasteiger partial charge in [-0.2, -0.15) is 4.98 Å². The Morgan fingerprint density at radius 3 is 2.74 bits per heavy atom. The molecule has 1 aliphatic heterocycles.